The number of anilines is 1. The third-order valence-corrected chi connectivity index (χ3v) is 3.22. The van der Waals surface area contributed by atoms with Crippen LogP contribution in [0, 0.1) is 0 Å². The molecule has 0 bridgehead atoms. The number of thioether (sulfide) groups is 1. The Hall–Kier alpha value is -1.41. The topological polar surface area (TPSA) is 72.4 Å². The minimum atomic E-state index is -4.27. The van der Waals surface area contributed by atoms with Crippen LogP contribution < -0.4 is 11.5 Å². The molecule has 0 saturated carbocycles. The summed E-state index contributed by atoms with van der Waals surface area (Å²) in [5.74, 6) is -0.750. The van der Waals surface area contributed by atoms with Gasteiger partial charge in [0.1, 0.15) is 0 Å². The highest BCUT2D eigenvalue weighted by Gasteiger charge is 2.28. The van der Waals surface area contributed by atoms with Gasteiger partial charge < -0.3 is 11.5 Å². The van der Waals surface area contributed by atoms with Crippen LogP contribution in [0.4, 0.5) is 18.9 Å². The predicted molar refractivity (Wildman–Crippen MR) is 73.8 cm³/mol. The van der Waals surface area contributed by atoms with E-state index in [1.807, 2.05) is 0 Å². The fourth-order valence-corrected chi connectivity index (χ4v) is 2.22. The third-order valence-electron chi connectivity index (χ3n) is 2.50. The van der Waals surface area contributed by atoms with E-state index in [-0.39, 0.29) is 37.1 Å². The zero-order valence-corrected chi connectivity index (χ0v) is 11.5. The third kappa shape index (κ3) is 6.67. The standard InChI is InChI=1S/C12H16F3N3OS/c13-12(14,15)20-6-5-18(8-11(17)19)7-9-3-1-2-4-10(9)16/h1-4H,5-8,16H2,(H2,17,19). The van der Waals surface area contributed by atoms with Gasteiger partial charge in [-0.1, -0.05) is 18.2 Å². The zero-order valence-electron chi connectivity index (χ0n) is 10.7. The van der Waals surface area contributed by atoms with E-state index in [9.17, 15) is 18.0 Å². The van der Waals surface area contributed by atoms with Gasteiger partial charge in [-0.25, -0.2) is 0 Å². The summed E-state index contributed by atoms with van der Waals surface area (Å²) >= 11 is -0.121. The van der Waals surface area contributed by atoms with Crippen LogP contribution >= 0.6 is 11.8 Å². The fourth-order valence-electron chi connectivity index (χ4n) is 1.64. The molecule has 0 saturated heterocycles. The molecular formula is C12H16F3N3OS. The van der Waals surface area contributed by atoms with Gasteiger partial charge in [0.15, 0.2) is 0 Å². The van der Waals surface area contributed by atoms with Crippen molar-refractivity contribution in [1.82, 2.24) is 4.90 Å². The minimum absolute atomic E-state index is 0.0987. The summed E-state index contributed by atoms with van der Waals surface area (Å²) in [4.78, 5) is 12.5. The minimum Gasteiger partial charge on any atom is -0.398 e. The van der Waals surface area contributed by atoms with Crippen molar-refractivity contribution >= 4 is 23.4 Å². The van der Waals surface area contributed by atoms with Crippen LogP contribution in [0.15, 0.2) is 24.3 Å². The number of nitrogens with two attached hydrogens (primary N) is 2. The van der Waals surface area contributed by atoms with Crippen LogP contribution in [-0.4, -0.2) is 35.2 Å². The van der Waals surface area contributed by atoms with Crippen LogP contribution in [0.25, 0.3) is 0 Å². The second-order valence-electron chi connectivity index (χ2n) is 4.17. The Bertz CT molecular complexity index is 454. The Kier molecular flexibility index (Phi) is 6.15. The van der Waals surface area contributed by atoms with E-state index >= 15 is 0 Å². The van der Waals surface area contributed by atoms with Crippen molar-refractivity contribution in [3.63, 3.8) is 0 Å². The SMILES string of the molecule is NC(=O)CN(CCSC(F)(F)F)Cc1ccccc1N. The zero-order chi connectivity index (χ0) is 15.2. The van der Waals surface area contributed by atoms with E-state index < -0.39 is 11.4 Å². The number of hydrogen-bond donors (Lipinski definition) is 2. The quantitative estimate of drug-likeness (QED) is 0.754. The normalized spacial score (nSPS) is 11.8. The monoisotopic (exact) mass is 307 g/mol. The van der Waals surface area contributed by atoms with Gasteiger partial charge in [0.25, 0.3) is 0 Å². The first-order valence-electron chi connectivity index (χ1n) is 5.82. The summed E-state index contributed by atoms with van der Waals surface area (Å²) in [5, 5.41) is 0. The number of hydrogen-bond acceptors (Lipinski definition) is 4. The molecule has 8 heteroatoms. The smallest absolute Gasteiger partial charge is 0.398 e. The molecule has 0 aliphatic heterocycles. The number of carbonyl (C=O) groups is 1. The number of benzene rings is 1. The summed E-state index contributed by atoms with van der Waals surface area (Å²) in [7, 11) is 0. The summed E-state index contributed by atoms with van der Waals surface area (Å²) in [6.07, 6.45) is 0. The summed E-state index contributed by atoms with van der Waals surface area (Å²) < 4.78 is 36.3. The first kappa shape index (κ1) is 16.6. The number of para-hydroxylation sites is 1. The first-order chi connectivity index (χ1) is 9.28. The lowest BCUT2D eigenvalue weighted by molar-refractivity contribution is -0.119. The van der Waals surface area contributed by atoms with E-state index in [0.717, 1.165) is 5.56 Å². The van der Waals surface area contributed by atoms with Gasteiger partial charge in [0, 0.05) is 24.5 Å². The van der Waals surface area contributed by atoms with Gasteiger partial charge in [-0.3, -0.25) is 9.69 Å². The van der Waals surface area contributed by atoms with Crippen molar-refractivity contribution < 1.29 is 18.0 Å². The summed E-state index contributed by atoms with van der Waals surface area (Å²) in [5.41, 5.74) is 7.89. The lowest BCUT2D eigenvalue weighted by Crippen LogP contribution is -2.35. The van der Waals surface area contributed by atoms with Gasteiger partial charge in [-0.15, -0.1) is 0 Å². The average molecular weight is 307 g/mol. The van der Waals surface area contributed by atoms with Gasteiger partial charge >= 0.3 is 5.51 Å². The number of halogens is 3. The molecule has 112 valence electrons. The molecule has 0 fully saturated rings. The lowest BCUT2D eigenvalue weighted by Gasteiger charge is -2.21. The fraction of sp³-hybridized carbons (Fsp3) is 0.417. The van der Waals surface area contributed by atoms with Gasteiger partial charge in [0.2, 0.25) is 5.91 Å². The van der Waals surface area contributed by atoms with Crippen molar-refractivity contribution in [2.75, 3.05) is 24.6 Å². The van der Waals surface area contributed by atoms with Crippen LogP contribution in [0.5, 0.6) is 0 Å². The second kappa shape index (κ2) is 7.39. The summed E-state index contributed by atoms with van der Waals surface area (Å²) in [6, 6.07) is 7.00. The van der Waals surface area contributed by atoms with Gasteiger partial charge in [0.05, 0.1) is 6.54 Å². The molecule has 0 atom stereocenters. The molecule has 0 radical (unpaired) electrons. The molecule has 0 heterocycles. The maximum atomic E-state index is 12.1. The van der Waals surface area contributed by atoms with Crippen LogP contribution in [-0.2, 0) is 11.3 Å². The molecule has 1 rings (SSSR count). The Morgan fingerprint density at radius 1 is 1.30 bits per heavy atom. The molecular weight excluding hydrogens is 291 g/mol. The Labute approximate surface area is 119 Å². The molecule has 0 aliphatic rings. The van der Waals surface area contributed by atoms with E-state index in [1.54, 1.807) is 29.2 Å². The summed E-state index contributed by atoms with van der Waals surface area (Å²) in [6.45, 7) is 0.280. The highest BCUT2D eigenvalue weighted by atomic mass is 32.2. The number of nitrogens with zero attached hydrogens (tertiary/aromatic N) is 1. The molecule has 0 spiro atoms. The predicted octanol–water partition coefficient (Wildman–Crippen LogP) is 1.81. The largest absolute Gasteiger partial charge is 0.441 e. The average Bonchev–Trinajstić information content (AvgIpc) is 2.29. The number of rotatable bonds is 7. The Balaban J connectivity index is 2.60. The van der Waals surface area contributed by atoms with Crippen molar-refractivity contribution in [3.8, 4) is 0 Å². The van der Waals surface area contributed by atoms with Crippen molar-refractivity contribution in [1.29, 1.82) is 0 Å². The van der Waals surface area contributed by atoms with E-state index in [1.165, 1.54) is 0 Å². The number of alkyl halides is 3. The molecule has 0 unspecified atom stereocenters. The number of primary amides is 1. The number of carbonyl (C=O) groups excluding carboxylic acids is 1. The molecule has 0 aromatic heterocycles. The number of amides is 1. The van der Waals surface area contributed by atoms with Gasteiger partial charge in [-0.05, 0) is 23.4 Å². The molecule has 20 heavy (non-hydrogen) atoms. The first-order valence-corrected chi connectivity index (χ1v) is 6.81. The van der Waals surface area contributed by atoms with Crippen LogP contribution in [0.2, 0.25) is 0 Å². The molecule has 1 aromatic carbocycles. The highest BCUT2D eigenvalue weighted by molar-refractivity contribution is 8.00. The molecule has 1 aromatic rings. The second-order valence-corrected chi connectivity index (χ2v) is 5.33. The molecule has 4 nitrogen and oxygen atoms in total. The van der Waals surface area contributed by atoms with Crippen molar-refractivity contribution in [3.05, 3.63) is 29.8 Å². The van der Waals surface area contributed by atoms with Crippen LogP contribution in [0.3, 0.4) is 0 Å². The maximum Gasteiger partial charge on any atom is 0.441 e. The molecule has 1 amide bonds. The Morgan fingerprint density at radius 2 is 1.95 bits per heavy atom. The van der Waals surface area contributed by atoms with Crippen molar-refractivity contribution in [2.45, 2.75) is 12.1 Å². The van der Waals surface area contributed by atoms with Crippen molar-refractivity contribution in [2.24, 2.45) is 5.73 Å². The van der Waals surface area contributed by atoms with Crippen LogP contribution in [0.1, 0.15) is 5.56 Å². The van der Waals surface area contributed by atoms with E-state index in [4.69, 9.17) is 11.5 Å². The molecule has 4 N–H and O–H groups in total. The molecule has 0 aliphatic carbocycles. The Morgan fingerprint density at radius 3 is 2.50 bits per heavy atom. The maximum absolute atomic E-state index is 12.1. The number of nitrogen functional groups attached to an aromatic ring is 1. The lowest BCUT2D eigenvalue weighted by atomic mass is 10.1. The van der Waals surface area contributed by atoms with E-state index in [0.29, 0.717) is 5.69 Å². The van der Waals surface area contributed by atoms with Gasteiger partial charge in [-0.2, -0.15) is 13.2 Å². The highest BCUT2D eigenvalue weighted by Crippen LogP contribution is 2.30. The van der Waals surface area contributed by atoms with E-state index in [2.05, 4.69) is 0 Å².